The molecule has 0 bridgehead atoms. The van der Waals surface area contributed by atoms with Gasteiger partial charge in [0.05, 0.1) is 16.1 Å². The highest BCUT2D eigenvalue weighted by Gasteiger charge is 2.55. The molecule has 6 nitrogen and oxygen atoms in total. The van der Waals surface area contributed by atoms with Crippen molar-refractivity contribution in [2.45, 2.75) is 41.4 Å². The molecule has 0 radical (unpaired) electrons. The highest BCUT2D eigenvalue weighted by Crippen LogP contribution is 2.42. The molecule has 2 aliphatic rings. The predicted octanol–water partition coefficient (Wildman–Crippen LogP) is 2.27. The van der Waals surface area contributed by atoms with Crippen molar-refractivity contribution in [1.82, 2.24) is 5.32 Å². The molecule has 1 saturated carbocycles. The Morgan fingerprint density at radius 2 is 1.89 bits per heavy atom. The second-order valence-electron chi connectivity index (χ2n) is 6.95. The van der Waals surface area contributed by atoms with Gasteiger partial charge in [0.25, 0.3) is 5.92 Å². The van der Waals surface area contributed by atoms with E-state index in [9.17, 15) is 31.9 Å². The molecular weight excluding hydrogens is 448 g/mol. The van der Waals surface area contributed by atoms with Crippen LogP contribution in [-0.4, -0.2) is 49.0 Å². The predicted molar refractivity (Wildman–Crippen MR) is 95.3 cm³/mol. The minimum Gasteiger partial charge on any atom is -0.481 e. The summed E-state index contributed by atoms with van der Waals surface area (Å²) in [5.74, 6) is -8.10. The number of Topliss-reactive ketones (excluding diaryl/α,β-unsaturated/α-hetero) is 1. The molecule has 1 unspecified atom stereocenters. The quantitative estimate of drug-likeness (QED) is 0.691. The third-order valence-electron chi connectivity index (χ3n) is 5.28. The lowest BCUT2D eigenvalue weighted by Gasteiger charge is -2.23. The summed E-state index contributed by atoms with van der Waals surface area (Å²) in [6, 6.07) is 4.20. The van der Waals surface area contributed by atoms with Gasteiger partial charge in [-0.05, 0) is 31.0 Å². The van der Waals surface area contributed by atoms with Crippen molar-refractivity contribution >= 4 is 37.5 Å². The molecule has 10 heteroatoms. The van der Waals surface area contributed by atoms with Crippen molar-refractivity contribution in [3.05, 3.63) is 28.7 Å². The number of ketones is 1. The van der Waals surface area contributed by atoms with E-state index in [1.807, 2.05) is 0 Å². The number of carbonyl (C=O) groups excluding carboxylic acids is 1. The molecular formula is C17H18BrF2NO5S. The first-order valence-electron chi connectivity index (χ1n) is 8.41. The van der Waals surface area contributed by atoms with E-state index in [0.29, 0.717) is 4.47 Å². The van der Waals surface area contributed by atoms with E-state index < -0.39 is 57.1 Å². The van der Waals surface area contributed by atoms with Gasteiger partial charge in [-0.3, -0.25) is 9.59 Å². The van der Waals surface area contributed by atoms with Crippen LogP contribution in [0, 0.1) is 11.8 Å². The van der Waals surface area contributed by atoms with Gasteiger partial charge in [0.1, 0.15) is 6.04 Å². The minimum atomic E-state index is -3.90. The lowest BCUT2D eigenvalue weighted by Crippen LogP contribution is -2.47. The van der Waals surface area contributed by atoms with Crippen LogP contribution < -0.4 is 5.32 Å². The summed E-state index contributed by atoms with van der Waals surface area (Å²) < 4.78 is 54.2. The highest BCUT2D eigenvalue weighted by atomic mass is 79.9. The van der Waals surface area contributed by atoms with Crippen LogP contribution in [0.15, 0.2) is 33.6 Å². The van der Waals surface area contributed by atoms with Crippen molar-refractivity contribution in [3.63, 3.8) is 0 Å². The minimum absolute atomic E-state index is 0.00318. The normalized spacial score (nSPS) is 30.3. The maximum Gasteiger partial charge on any atom is 0.307 e. The van der Waals surface area contributed by atoms with Gasteiger partial charge in [0, 0.05) is 23.4 Å². The number of alkyl halides is 2. The SMILES string of the molecule is O=C(O)[C@@H]1C[C@H](S(=O)(=O)c2cccc(Br)c2)C[C@H]1C(=O)C1NCCC1(F)F. The second kappa shape index (κ2) is 7.21. The molecule has 27 heavy (non-hydrogen) atoms. The van der Waals surface area contributed by atoms with Gasteiger partial charge in [-0.25, -0.2) is 17.2 Å². The summed E-state index contributed by atoms with van der Waals surface area (Å²) in [4.78, 5) is 24.2. The monoisotopic (exact) mass is 465 g/mol. The van der Waals surface area contributed by atoms with Crippen LogP contribution in [0.25, 0.3) is 0 Å². The van der Waals surface area contributed by atoms with Crippen molar-refractivity contribution in [1.29, 1.82) is 0 Å². The van der Waals surface area contributed by atoms with Crippen molar-refractivity contribution < 1.29 is 31.9 Å². The molecule has 1 aromatic rings. The number of hydrogen-bond acceptors (Lipinski definition) is 5. The van der Waals surface area contributed by atoms with Crippen LogP contribution in [0.1, 0.15) is 19.3 Å². The Hall–Kier alpha value is -1.39. The fourth-order valence-corrected chi connectivity index (χ4v) is 6.28. The Labute approximate surface area is 163 Å². The Morgan fingerprint density at radius 1 is 1.22 bits per heavy atom. The number of carboxylic acid groups (broad SMARTS) is 1. The number of halogens is 3. The molecule has 0 aromatic heterocycles. The first kappa shape index (κ1) is 20.3. The van der Waals surface area contributed by atoms with Gasteiger partial charge in [0.2, 0.25) is 0 Å². The van der Waals surface area contributed by atoms with Crippen LogP contribution >= 0.6 is 15.9 Å². The molecule has 148 valence electrons. The Morgan fingerprint density at radius 3 is 2.44 bits per heavy atom. The molecule has 4 atom stereocenters. The summed E-state index contributed by atoms with van der Waals surface area (Å²) >= 11 is 3.19. The van der Waals surface area contributed by atoms with Crippen LogP contribution in [0.3, 0.4) is 0 Å². The van der Waals surface area contributed by atoms with E-state index in [1.165, 1.54) is 18.2 Å². The smallest absolute Gasteiger partial charge is 0.307 e. The summed E-state index contributed by atoms with van der Waals surface area (Å²) in [6.45, 7) is -0.0480. The molecule has 1 saturated heterocycles. The summed E-state index contributed by atoms with van der Waals surface area (Å²) in [7, 11) is -3.90. The van der Waals surface area contributed by atoms with Crippen molar-refractivity contribution in [2.24, 2.45) is 11.8 Å². The van der Waals surface area contributed by atoms with Gasteiger partial charge in [-0.2, -0.15) is 0 Å². The maximum absolute atomic E-state index is 13.9. The fourth-order valence-electron chi connectivity index (χ4n) is 3.87. The Bertz CT molecular complexity index is 876. The molecule has 1 aliphatic heterocycles. The highest BCUT2D eigenvalue weighted by molar-refractivity contribution is 9.10. The average molecular weight is 466 g/mol. The number of aliphatic carboxylic acids is 1. The van der Waals surface area contributed by atoms with E-state index in [4.69, 9.17) is 0 Å². The molecule has 1 heterocycles. The Kier molecular flexibility index (Phi) is 5.44. The zero-order valence-electron chi connectivity index (χ0n) is 14.1. The summed E-state index contributed by atoms with van der Waals surface area (Å²) in [5.41, 5.74) is 0. The van der Waals surface area contributed by atoms with Crippen LogP contribution in [0.5, 0.6) is 0 Å². The van der Waals surface area contributed by atoms with Crippen molar-refractivity contribution in [3.8, 4) is 0 Å². The first-order valence-corrected chi connectivity index (χ1v) is 10.7. The molecule has 2 N–H and O–H groups in total. The zero-order valence-corrected chi connectivity index (χ0v) is 16.5. The number of hydrogen-bond donors (Lipinski definition) is 2. The average Bonchev–Trinajstić information content (AvgIpc) is 3.18. The van der Waals surface area contributed by atoms with E-state index in [1.54, 1.807) is 6.07 Å². The molecule has 1 aliphatic carbocycles. The third-order valence-corrected chi connectivity index (χ3v) is 7.95. The zero-order chi connectivity index (χ0) is 20.0. The Balaban J connectivity index is 1.89. The van der Waals surface area contributed by atoms with E-state index in [2.05, 4.69) is 21.2 Å². The standard InChI is InChI=1S/C17H18BrF2NO5S/c18-9-2-1-3-10(6-9)27(25,26)11-7-12(13(8-11)16(23)24)14(22)15-17(19,20)4-5-21-15/h1-3,6,11-13,15,21H,4-5,7-8H2,(H,23,24)/t11-,12-,13-,15?/m1/s1. The number of benzene rings is 1. The van der Waals surface area contributed by atoms with Crippen LogP contribution in [0.4, 0.5) is 8.78 Å². The van der Waals surface area contributed by atoms with Gasteiger partial charge >= 0.3 is 5.97 Å². The van der Waals surface area contributed by atoms with E-state index in [0.717, 1.165) is 0 Å². The number of nitrogens with one attached hydrogen (secondary N) is 1. The lowest BCUT2D eigenvalue weighted by molar-refractivity contribution is -0.147. The summed E-state index contributed by atoms with van der Waals surface area (Å²) in [6.07, 6.45) is -1.06. The molecule has 2 fully saturated rings. The molecule has 0 amide bonds. The summed E-state index contributed by atoms with van der Waals surface area (Å²) in [5, 5.41) is 10.8. The largest absolute Gasteiger partial charge is 0.481 e. The maximum atomic E-state index is 13.9. The van der Waals surface area contributed by atoms with E-state index in [-0.39, 0.29) is 24.3 Å². The number of sulfone groups is 1. The number of rotatable bonds is 5. The van der Waals surface area contributed by atoms with Gasteiger partial charge < -0.3 is 10.4 Å². The number of carboxylic acids is 1. The second-order valence-corrected chi connectivity index (χ2v) is 10.1. The third kappa shape index (κ3) is 3.79. The molecule has 0 spiro atoms. The number of carbonyl (C=O) groups is 2. The van der Waals surface area contributed by atoms with E-state index >= 15 is 0 Å². The van der Waals surface area contributed by atoms with Crippen molar-refractivity contribution in [2.75, 3.05) is 6.54 Å². The van der Waals surface area contributed by atoms with Gasteiger partial charge in [0.15, 0.2) is 15.6 Å². The van der Waals surface area contributed by atoms with Gasteiger partial charge in [-0.15, -0.1) is 0 Å². The first-order chi connectivity index (χ1) is 12.5. The van der Waals surface area contributed by atoms with Crippen LogP contribution in [-0.2, 0) is 19.4 Å². The topological polar surface area (TPSA) is 101 Å². The molecule has 1 aromatic carbocycles. The lowest BCUT2D eigenvalue weighted by atomic mass is 9.87. The molecule has 3 rings (SSSR count). The fraction of sp³-hybridized carbons (Fsp3) is 0.529. The van der Waals surface area contributed by atoms with Gasteiger partial charge in [-0.1, -0.05) is 22.0 Å². The van der Waals surface area contributed by atoms with Crippen LogP contribution in [0.2, 0.25) is 0 Å².